The molecule has 0 aliphatic heterocycles. The van der Waals surface area contributed by atoms with E-state index in [-0.39, 0.29) is 5.54 Å². The molecule has 5 rings (SSSR count). The summed E-state index contributed by atoms with van der Waals surface area (Å²) in [5.41, 5.74) is 12.3. The van der Waals surface area contributed by atoms with Gasteiger partial charge in [0.25, 0.3) is 0 Å². The lowest BCUT2D eigenvalue weighted by atomic mass is 10.1. The summed E-state index contributed by atoms with van der Waals surface area (Å²) in [6.07, 6.45) is 4.42. The molecule has 0 aliphatic carbocycles. The summed E-state index contributed by atoms with van der Waals surface area (Å²) in [6.45, 7) is 6.47. The number of hydrogen-bond acceptors (Lipinski definition) is 4. The third-order valence-electron chi connectivity index (χ3n) is 5.39. The number of nitrogens with one attached hydrogen (secondary N) is 1. The Morgan fingerprint density at radius 3 is 2.60 bits per heavy atom. The molecule has 3 aromatic heterocycles. The van der Waals surface area contributed by atoms with Gasteiger partial charge in [-0.25, -0.2) is 15.0 Å². The second kappa shape index (κ2) is 6.69. The van der Waals surface area contributed by atoms with Crippen molar-refractivity contribution in [1.29, 1.82) is 0 Å². The first-order valence-corrected chi connectivity index (χ1v) is 10.0. The standard InChI is InChI=1S/C24H24N6/c1-24(2,3)30-13-17(21-22(25)26-14-27-23(21)30)16-9-10-18-19(12-16)29-20(28-18)11-15-7-5-4-6-8-15/h4-10,12-14H,11H2,1-3H3,(H,28,29)(H2,25,26,27). The highest BCUT2D eigenvalue weighted by atomic mass is 15.1. The van der Waals surface area contributed by atoms with E-state index < -0.39 is 0 Å². The van der Waals surface area contributed by atoms with Crippen molar-refractivity contribution in [3.63, 3.8) is 0 Å². The molecule has 0 atom stereocenters. The van der Waals surface area contributed by atoms with Gasteiger partial charge >= 0.3 is 0 Å². The number of nitrogens with zero attached hydrogens (tertiary/aromatic N) is 4. The van der Waals surface area contributed by atoms with Gasteiger partial charge in [0.15, 0.2) is 0 Å². The topological polar surface area (TPSA) is 85.4 Å². The summed E-state index contributed by atoms with van der Waals surface area (Å²) in [6, 6.07) is 16.6. The molecule has 3 heterocycles. The maximum Gasteiger partial charge on any atom is 0.146 e. The minimum Gasteiger partial charge on any atom is -0.383 e. The summed E-state index contributed by atoms with van der Waals surface area (Å²) in [4.78, 5) is 17.0. The van der Waals surface area contributed by atoms with Crippen LogP contribution in [0.5, 0.6) is 0 Å². The van der Waals surface area contributed by atoms with E-state index in [0.29, 0.717) is 5.82 Å². The van der Waals surface area contributed by atoms with E-state index in [1.807, 2.05) is 18.2 Å². The fourth-order valence-electron chi connectivity index (χ4n) is 3.92. The number of anilines is 1. The van der Waals surface area contributed by atoms with Gasteiger partial charge in [-0.05, 0) is 44.0 Å². The van der Waals surface area contributed by atoms with Crippen molar-refractivity contribution < 1.29 is 0 Å². The molecule has 3 N–H and O–H groups in total. The van der Waals surface area contributed by atoms with E-state index in [0.717, 1.165) is 45.4 Å². The number of nitrogens with two attached hydrogens (primary N) is 1. The van der Waals surface area contributed by atoms with Crippen LogP contribution in [0.1, 0.15) is 32.2 Å². The molecule has 0 spiro atoms. The minimum absolute atomic E-state index is 0.127. The molecule has 0 saturated carbocycles. The van der Waals surface area contributed by atoms with Crippen molar-refractivity contribution in [2.45, 2.75) is 32.7 Å². The number of imidazole rings is 1. The Morgan fingerprint density at radius 2 is 1.83 bits per heavy atom. The largest absolute Gasteiger partial charge is 0.383 e. The van der Waals surface area contributed by atoms with Gasteiger partial charge in [-0.2, -0.15) is 0 Å². The van der Waals surface area contributed by atoms with Crippen LogP contribution in [0.15, 0.2) is 61.1 Å². The van der Waals surface area contributed by atoms with Gasteiger partial charge in [-0.1, -0.05) is 36.4 Å². The molecule has 0 fully saturated rings. The van der Waals surface area contributed by atoms with Gasteiger partial charge in [0.2, 0.25) is 0 Å². The summed E-state index contributed by atoms with van der Waals surface area (Å²) in [5, 5.41) is 0.885. The lowest BCUT2D eigenvalue weighted by Crippen LogP contribution is -2.21. The first-order valence-electron chi connectivity index (χ1n) is 10.0. The summed E-state index contributed by atoms with van der Waals surface area (Å²) in [5.74, 6) is 1.45. The van der Waals surface area contributed by atoms with Crippen LogP contribution >= 0.6 is 0 Å². The second-order valence-corrected chi connectivity index (χ2v) is 8.62. The second-order valence-electron chi connectivity index (χ2n) is 8.62. The van der Waals surface area contributed by atoms with E-state index in [2.05, 4.69) is 76.8 Å². The first-order chi connectivity index (χ1) is 14.4. The van der Waals surface area contributed by atoms with Crippen molar-refractivity contribution in [3.05, 3.63) is 72.4 Å². The number of aromatic nitrogens is 5. The zero-order valence-electron chi connectivity index (χ0n) is 17.3. The Hall–Kier alpha value is -3.67. The highest BCUT2D eigenvalue weighted by Crippen LogP contribution is 2.36. The van der Waals surface area contributed by atoms with Gasteiger partial charge in [-0.15, -0.1) is 0 Å². The fraction of sp³-hybridized carbons (Fsp3) is 0.208. The first kappa shape index (κ1) is 18.4. The summed E-state index contributed by atoms with van der Waals surface area (Å²) in [7, 11) is 0. The lowest BCUT2D eigenvalue weighted by Gasteiger charge is -2.21. The maximum atomic E-state index is 6.27. The zero-order chi connectivity index (χ0) is 20.9. The van der Waals surface area contributed by atoms with Crippen LogP contribution in [0.3, 0.4) is 0 Å². The Morgan fingerprint density at radius 1 is 1.03 bits per heavy atom. The smallest absolute Gasteiger partial charge is 0.146 e. The minimum atomic E-state index is -0.127. The molecule has 0 amide bonds. The van der Waals surface area contributed by atoms with E-state index in [4.69, 9.17) is 10.7 Å². The molecule has 0 unspecified atom stereocenters. The van der Waals surface area contributed by atoms with Gasteiger partial charge in [0.1, 0.15) is 23.6 Å². The SMILES string of the molecule is CC(C)(C)n1cc(-c2ccc3nc(Cc4ccccc4)[nH]c3c2)c2c(N)ncnc21. The third-order valence-corrected chi connectivity index (χ3v) is 5.39. The fourth-order valence-corrected chi connectivity index (χ4v) is 3.92. The molecule has 5 aromatic rings. The van der Waals surface area contributed by atoms with Crippen molar-refractivity contribution in [2.75, 3.05) is 5.73 Å². The lowest BCUT2D eigenvalue weighted by molar-refractivity contribution is 0.408. The summed E-state index contributed by atoms with van der Waals surface area (Å²) < 4.78 is 2.16. The van der Waals surface area contributed by atoms with Crippen LogP contribution in [0.2, 0.25) is 0 Å². The monoisotopic (exact) mass is 396 g/mol. The molecule has 6 heteroatoms. The number of fused-ring (bicyclic) bond motifs is 2. The number of hydrogen-bond donors (Lipinski definition) is 2. The molecular weight excluding hydrogens is 372 g/mol. The molecule has 0 radical (unpaired) electrons. The van der Waals surface area contributed by atoms with Crippen LogP contribution in [0, 0.1) is 0 Å². The molecule has 6 nitrogen and oxygen atoms in total. The van der Waals surface area contributed by atoms with E-state index in [1.165, 1.54) is 11.9 Å². The highest BCUT2D eigenvalue weighted by Gasteiger charge is 2.22. The number of H-pyrrole nitrogens is 1. The summed E-state index contributed by atoms with van der Waals surface area (Å²) >= 11 is 0. The van der Waals surface area contributed by atoms with E-state index in [9.17, 15) is 0 Å². The van der Waals surface area contributed by atoms with Crippen molar-refractivity contribution >= 4 is 27.9 Å². The molecular formula is C24H24N6. The van der Waals surface area contributed by atoms with Crippen molar-refractivity contribution in [3.8, 4) is 11.1 Å². The van der Waals surface area contributed by atoms with Crippen LogP contribution in [0.25, 0.3) is 33.2 Å². The Bertz CT molecular complexity index is 1360. The number of aromatic amines is 1. The Kier molecular flexibility index (Phi) is 4.10. The quantitative estimate of drug-likeness (QED) is 0.454. The van der Waals surface area contributed by atoms with Gasteiger partial charge in [-0.3, -0.25) is 0 Å². The molecule has 0 aliphatic rings. The van der Waals surface area contributed by atoms with E-state index in [1.54, 1.807) is 0 Å². The number of nitrogen functional groups attached to an aromatic ring is 1. The Balaban J connectivity index is 1.62. The predicted molar refractivity (Wildman–Crippen MR) is 121 cm³/mol. The average molecular weight is 396 g/mol. The number of rotatable bonds is 3. The van der Waals surface area contributed by atoms with Crippen molar-refractivity contribution in [2.24, 2.45) is 0 Å². The average Bonchev–Trinajstić information content (AvgIpc) is 3.29. The van der Waals surface area contributed by atoms with Crippen LogP contribution in [0.4, 0.5) is 5.82 Å². The Labute approximate surface area is 174 Å². The zero-order valence-corrected chi connectivity index (χ0v) is 17.3. The number of benzene rings is 2. The third kappa shape index (κ3) is 3.10. The molecule has 0 saturated heterocycles. The normalized spacial score (nSPS) is 12.1. The van der Waals surface area contributed by atoms with Crippen LogP contribution < -0.4 is 5.73 Å². The molecule has 2 aromatic carbocycles. The van der Waals surface area contributed by atoms with Crippen molar-refractivity contribution in [1.82, 2.24) is 24.5 Å². The van der Waals surface area contributed by atoms with Crippen LogP contribution in [-0.2, 0) is 12.0 Å². The highest BCUT2D eigenvalue weighted by molar-refractivity contribution is 6.02. The maximum absolute atomic E-state index is 6.27. The molecule has 150 valence electrons. The van der Waals surface area contributed by atoms with E-state index >= 15 is 0 Å². The molecule has 0 bridgehead atoms. The van der Waals surface area contributed by atoms with Gasteiger partial charge in [0.05, 0.1) is 16.4 Å². The van der Waals surface area contributed by atoms with Gasteiger partial charge in [0, 0.05) is 23.7 Å². The molecule has 30 heavy (non-hydrogen) atoms. The van der Waals surface area contributed by atoms with Crippen LogP contribution in [-0.4, -0.2) is 24.5 Å². The predicted octanol–water partition coefficient (Wildman–Crippen LogP) is 4.90. The van der Waals surface area contributed by atoms with Gasteiger partial charge < -0.3 is 15.3 Å².